The molecule has 0 saturated carbocycles. The molecule has 3 rings (SSSR count). The van der Waals surface area contributed by atoms with Gasteiger partial charge in [0.2, 0.25) is 21.1 Å². The minimum Gasteiger partial charge on any atom is -0.325 e. The van der Waals surface area contributed by atoms with Gasteiger partial charge in [-0.15, -0.1) is 5.10 Å². The van der Waals surface area contributed by atoms with Crippen LogP contribution >= 0.6 is 11.8 Å². The summed E-state index contributed by atoms with van der Waals surface area (Å²) < 4.78 is 28.6. The van der Waals surface area contributed by atoms with E-state index in [9.17, 15) is 13.2 Å². The number of hydrogen-bond acceptors (Lipinski definition) is 7. The van der Waals surface area contributed by atoms with E-state index < -0.39 is 10.0 Å². The highest BCUT2D eigenvalue weighted by atomic mass is 32.2. The van der Waals surface area contributed by atoms with Crippen LogP contribution in [-0.4, -0.2) is 57.7 Å². The molecule has 9 nitrogen and oxygen atoms in total. The number of nitrogens with zero attached hydrogens (tertiary/aromatic N) is 5. The van der Waals surface area contributed by atoms with Crippen LogP contribution < -0.4 is 5.32 Å². The number of aromatic nitrogens is 4. The fourth-order valence-electron chi connectivity index (χ4n) is 3.39. The summed E-state index contributed by atoms with van der Waals surface area (Å²) in [6.07, 6.45) is 0. The van der Waals surface area contributed by atoms with Crippen molar-refractivity contribution in [2.75, 3.05) is 24.2 Å². The number of aryl methyl sites for hydroxylation is 3. The predicted molar refractivity (Wildman–Crippen MR) is 129 cm³/mol. The Morgan fingerprint density at radius 3 is 2.45 bits per heavy atom. The first-order chi connectivity index (χ1) is 15.7. The first kappa shape index (κ1) is 24.9. The van der Waals surface area contributed by atoms with E-state index in [0.29, 0.717) is 23.9 Å². The van der Waals surface area contributed by atoms with Crippen LogP contribution in [0.2, 0.25) is 0 Å². The third-order valence-corrected chi connectivity index (χ3v) is 8.15. The molecule has 2 aromatic carbocycles. The van der Waals surface area contributed by atoms with Gasteiger partial charge in [0.15, 0.2) is 0 Å². The molecule has 0 atom stereocenters. The number of nitrogens with one attached hydrogen (secondary N) is 1. The van der Waals surface area contributed by atoms with Crippen LogP contribution in [0.5, 0.6) is 0 Å². The first-order valence-electron chi connectivity index (χ1n) is 10.6. The molecule has 1 aromatic heterocycles. The van der Waals surface area contributed by atoms with Crippen molar-refractivity contribution in [3.8, 4) is 5.69 Å². The van der Waals surface area contributed by atoms with Crippen LogP contribution in [0.3, 0.4) is 0 Å². The molecule has 176 valence electrons. The zero-order chi connectivity index (χ0) is 24.2. The maximum Gasteiger partial charge on any atom is 0.243 e. The monoisotopic (exact) mass is 488 g/mol. The molecule has 0 unspecified atom stereocenters. The van der Waals surface area contributed by atoms with Gasteiger partial charge in [-0.1, -0.05) is 49.4 Å². The molecule has 0 aliphatic heterocycles. The van der Waals surface area contributed by atoms with Crippen molar-refractivity contribution < 1.29 is 13.2 Å². The molecule has 11 heteroatoms. The summed E-state index contributed by atoms with van der Waals surface area (Å²) in [5.41, 5.74) is 4.24. The SMILES string of the molecule is CCN(CC)S(=O)(=O)c1ccc(C)c(NC(=O)CSc2nnnn2-c2ccc(C)cc2C)c1. The molecule has 0 aliphatic rings. The second-order valence-corrected chi connectivity index (χ2v) is 10.4. The fraction of sp³-hybridized carbons (Fsp3) is 0.364. The third-order valence-electron chi connectivity index (χ3n) is 5.18. The number of tetrazole rings is 1. The van der Waals surface area contributed by atoms with Crippen molar-refractivity contribution in [2.45, 2.75) is 44.7 Å². The predicted octanol–water partition coefficient (Wildman–Crippen LogP) is 3.35. The zero-order valence-electron chi connectivity index (χ0n) is 19.4. The number of anilines is 1. The van der Waals surface area contributed by atoms with Gasteiger partial charge >= 0.3 is 0 Å². The van der Waals surface area contributed by atoms with Gasteiger partial charge in [-0.25, -0.2) is 8.42 Å². The van der Waals surface area contributed by atoms with Crippen molar-refractivity contribution in [2.24, 2.45) is 0 Å². The average Bonchev–Trinajstić information content (AvgIpc) is 3.22. The van der Waals surface area contributed by atoms with Crippen molar-refractivity contribution in [3.63, 3.8) is 0 Å². The standard InChI is InChI=1S/C22H28N6O3S2/c1-6-27(7-2)33(30,31)18-10-9-16(4)19(13-18)23-21(29)14-32-22-24-25-26-28(22)20-11-8-15(3)12-17(20)5/h8-13H,6-7,14H2,1-5H3,(H,23,29). The lowest BCUT2D eigenvalue weighted by Crippen LogP contribution is -2.30. The number of hydrogen-bond donors (Lipinski definition) is 1. The van der Waals surface area contributed by atoms with Crippen LogP contribution in [-0.2, 0) is 14.8 Å². The summed E-state index contributed by atoms with van der Waals surface area (Å²) in [7, 11) is -3.62. The molecule has 0 aliphatic carbocycles. The van der Waals surface area contributed by atoms with E-state index in [1.807, 2.05) is 39.0 Å². The number of sulfonamides is 1. The Bertz CT molecular complexity index is 1250. The summed E-state index contributed by atoms with van der Waals surface area (Å²) in [6, 6.07) is 10.7. The molecular formula is C22H28N6O3S2. The number of carbonyl (C=O) groups is 1. The van der Waals surface area contributed by atoms with Crippen LogP contribution in [0, 0.1) is 20.8 Å². The fourth-order valence-corrected chi connectivity index (χ4v) is 5.56. The smallest absolute Gasteiger partial charge is 0.243 e. The van der Waals surface area contributed by atoms with Gasteiger partial charge in [0.05, 0.1) is 16.3 Å². The number of amides is 1. The van der Waals surface area contributed by atoms with Crippen molar-refractivity contribution in [1.82, 2.24) is 24.5 Å². The molecular weight excluding hydrogens is 460 g/mol. The Morgan fingerprint density at radius 2 is 1.79 bits per heavy atom. The normalized spacial score (nSPS) is 11.7. The lowest BCUT2D eigenvalue weighted by molar-refractivity contribution is -0.113. The molecule has 0 fully saturated rings. The van der Waals surface area contributed by atoms with E-state index in [-0.39, 0.29) is 16.6 Å². The van der Waals surface area contributed by atoms with Gasteiger partial charge in [0.1, 0.15) is 0 Å². The molecule has 0 bridgehead atoms. The zero-order valence-corrected chi connectivity index (χ0v) is 21.0. The average molecular weight is 489 g/mol. The van der Waals surface area contributed by atoms with E-state index in [0.717, 1.165) is 22.4 Å². The van der Waals surface area contributed by atoms with E-state index in [1.165, 1.54) is 22.1 Å². The molecule has 0 saturated heterocycles. The summed E-state index contributed by atoms with van der Waals surface area (Å²) in [5, 5.41) is 15.2. The number of benzene rings is 2. The highest BCUT2D eigenvalue weighted by molar-refractivity contribution is 7.99. The number of carbonyl (C=O) groups excluding carboxylic acids is 1. The highest BCUT2D eigenvalue weighted by Crippen LogP contribution is 2.25. The lowest BCUT2D eigenvalue weighted by Gasteiger charge is -2.19. The quantitative estimate of drug-likeness (QED) is 0.460. The second kappa shape index (κ2) is 10.4. The molecule has 1 amide bonds. The number of rotatable bonds is 9. The van der Waals surface area contributed by atoms with Crippen LogP contribution in [0.15, 0.2) is 46.5 Å². The van der Waals surface area contributed by atoms with E-state index in [1.54, 1.807) is 30.7 Å². The molecule has 0 spiro atoms. The minimum atomic E-state index is -3.62. The second-order valence-electron chi connectivity index (χ2n) is 7.57. The summed E-state index contributed by atoms with van der Waals surface area (Å²) in [5.74, 6) is -0.215. The largest absolute Gasteiger partial charge is 0.325 e. The van der Waals surface area contributed by atoms with Gasteiger partial charge in [-0.3, -0.25) is 4.79 Å². The van der Waals surface area contributed by atoms with Crippen molar-refractivity contribution >= 4 is 33.4 Å². The first-order valence-corrected chi connectivity index (χ1v) is 13.0. The summed E-state index contributed by atoms with van der Waals surface area (Å²) >= 11 is 1.20. The maximum absolute atomic E-state index is 12.8. The molecule has 33 heavy (non-hydrogen) atoms. The van der Waals surface area contributed by atoms with Crippen molar-refractivity contribution in [1.29, 1.82) is 0 Å². The molecule has 0 radical (unpaired) electrons. The van der Waals surface area contributed by atoms with E-state index in [4.69, 9.17) is 0 Å². The topological polar surface area (TPSA) is 110 Å². The summed E-state index contributed by atoms with van der Waals surface area (Å²) in [4.78, 5) is 12.8. The Morgan fingerprint density at radius 1 is 1.06 bits per heavy atom. The highest BCUT2D eigenvalue weighted by Gasteiger charge is 2.22. The van der Waals surface area contributed by atoms with E-state index in [2.05, 4.69) is 20.8 Å². The minimum absolute atomic E-state index is 0.0672. The number of thioether (sulfide) groups is 1. The van der Waals surface area contributed by atoms with Gasteiger partial charge in [0.25, 0.3) is 0 Å². The molecule has 1 heterocycles. The molecule has 3 aromatic rings. The lowest BCUT2D eigenvalue weighted by atomic mass is 10.1. The van der Waals surface area contributed by atoms with Crippen LogP contribution in [0.1, 0.15) is 30.5 Å². The van der Waals surface area contributed by atoms with Crippen LogP contribution in [0.25, 0.3) is 5.69 Å². The Hall–Kier alpha value is -2.76. The van der Waals surface area contributed by atoms with Gasteiger partial charge < -0.3 is 5.32 Å². The Kier molecular flexibility index (Phi) is 7.88. The van der Waals surface area contributed by atoms with Crippen LogP contribution in [0.4, 0.5) is 5.69 Å². The van der Waals surface area contributed by atoms with Gasteiger partial charge in [-0.2, -0.15) is 8.99 Å². The Balaban J connectivity index is 1.74. The molecule has 1 N–H and O–H groups in total. The van der Waals surface area contributed by atoms with Gasteiger partial charge in [0, 0.05) is 18.8 Å². The third kappa shape index (κ3) is 5.60. The maximum atomic E-state index is 12.8. The summed E-state index contributed by atoms with van der Waals surface area (Å²) in [6.45, 7) is 10.1. The van der Waals surface area contributed by atoms with E-state index >= 15 is 0 Å². The van der Waals surface area contributed by atoms with Gasteiger partial charge in [-0.05, 0) is 60.5 Å². The Labute approximate surface area is 198 Å². The van der Waals surface area contributed by atoms with Crippen molar-refractivity contribution in [3.05, 3.63) is 53.1 Å².